The van der Waals surface area contributed by atoms with Gasteiger partial charge in [0, 0.05) is 5.69 Å². The SMILES string of the molecule is CC(C)(C)OC(=O)CC(NC(=O)OCc1ccc(OC(=O)c2ccc(NC(=NC(=O)OC(C)(C)C)NC(=O)OC(C)(C)C)cc2)cc1)C(=O)NC(CC(=O)OC(C)(C)C)C(=O)OC(C)(C)C. The quantitative estimate of drug-likeness (QED) is 0.0517. The number of alkyl carbamates (subject to hydrolysis) is 2. The Labute approximate surface area is 385 Å². The summed E-state index contributed by atoms with van der Waals surface area (Å²) >= 11 is 0. The van der Waals surface area contributed by atoms with E-state index < -0.39 is 101 Å². The van der Waals surface area contributed by atoms with Crippen LogP contribution in [0.3, 0.4) is 0 Å². The maximum absolute atomic E-state index is 13.6. The molecule has 2 rings (SSSR count). The van der Waals surface area contributed by atoms with Gasteiger partial charge < -0.3 is 49.1 Å². The van der Waals surface area contributed by atoms with E-state index in [1.807, 2.05) is 0 Å². The van der Waals surface area contributed by atoms with Crippen molar-refractivity contribution in [2.24, 2.45) is 4.99 Å². The van der Waals surface area contributed by atoms with Crippen LogP contribution in [0.25, 0.3) is 0 Å². The highest BCUT2D eigenvalue weighted by Crippen LogP contribution is 2.19. The first-order valence-corrected chi connectivity index (χ1v) is 20.9. The smallest absolute Gasteiger partial charge is 0.437 e. The third-order valence-corrected chi connectivity index (χ3v) is 7.30. The molecule has 0 aliphatic rings. The third kappa shape index (κ3) is 23.8. The molecule has 0 radical (unpaired) electrons. The average Bonchev–Trinajstić information content (AvgIpc) is 3.10. The molecule has 2 aromatic carbocycles. The number of hydrogen-bond acceptors (Lipinski definition) is 15. The van der Waals surface area contributed by atoms with Gasteiger partial charge in [0.15, 0.2) is 0 Å². The number of hydrogen-bond donors (Lipinski definition) is 4. The molecule has 2 atom stereocenters. The molecule has 0 bridgehead atoms. The fourth-order valence-electron chi connectivity index (χ4n) is 4.99. The molecule has 20 nitrogen and oxygen atoms in total. The van der Waals surface area contributed by atoms with Gasteiger partial charge in [-0.05, 0) is 146 Å². The first-order chi connectivity index (χ1) is 30.0. The lowest BCUT2D eigenvalue weighted by Gasteiger charge is -2.27. The summed E-state index contributed by atoms with van der Waals surface area (Å²) in [5.74, 6) is -4.50. The molecule has 4 amide bonds. The largest absolute Gasteiger partial charge is 0.460 e. The van der Waals surface area contributed by atoms with Gasteiger partial charge in [-0.15, -0.1) is 4.99 Å². The van der Waals surface area contributed by atoms with E-state index in [1.54, 1.807) is 104 Å². The second kappa shape index (κ2) is 22.9. The molecule has 0 saturated carbocycles. The standard InChI is InChI=1S/C46H65N5O15/c1-42(2,3)62-33(52)24-31(35(54)48-32(37(56)64-44(7,8)9)25-34(53)63-43(4,5)6)49-39(57)60-26-27-16-22-30(23-17-27)61-36(55)28-18-20-29(21-19-28)47-38(50-40(58)65-45(10,11)12)51-41(59)66-46(13,14)15/h16-23,31-32H,24-26H2,1-15H3,(H,48,54)(H,49,57)(H2,47,50,51,58,59). The third-order valence-electron chi connectivity index (χ3n) is 7.30. The summed E-state index contributed by atoms with van der Waals surface area (Å²) in [7, 11) is 0. The Bertz CT molecular complexity index is 2080. The van der Waals surface area contributed by atoms with Crippen molar-refractivity contribution in [1.29, 1.82) is 0 Å². The van der Waals surface area contributed by atoms with Crippen LogP contribution in [0.4, 0.5) is 20.1 Å². The van der Waals surface area contributed by atoms with E-state index in [1.165, 1.54) is 48.5 Å². The second-order valence-electron chi connectivity index (χ2n) is 19.8. The van der Waals surface area contributed by atoms with Crippen molar-refractivity contribution < 1.29 is 71.5 Å². The molecule has 0 heterocycles. The number of benzene rings is 2. The van der Waals surface area contributed by atoms with Crippen LogP contribution in [0.15, 0.2) is 53.5 Å². The van der Waals surface area contributed by atoms with Crippen LogP contribution in [-0.2, 0) is 54.2 Å². The summed E-state index contributed by atoms with van der Waals surface area (Å²) in [6.45, 7) is 24.2. The van der Waals surface area contributed by atoms with E-state index in [2.05, 4.69) is 26.3 Å². The van der Waals surface area contributed by atoms with Gasteiger partial charge in [0.1, 0.15) is 52.4 Å². The molecule has 0 aliphatic carbocycles. The number of nitrogens with zero attached hydrogens (tertiary/aromatic N) is 1. The van der Waals surface area contributed by atoms with Gasteiger partial charge in [0.05, 0.1) is 18.4 Å². The predicted molar refractivity (Wildman–Crippen MR) is 240 cm³/mol. The van der Waals surface area contributed by atoms with Crippen molar-refractivity contribution in [2.75, 3.05) is 5.32 Å². The van der Waals surface area contributed by atoms with Crippen molar-refractivity contribution in [1.82, 2.24) is 16.0 Å². The summed E-state index contributed by atoms with van der Waals surface area (Å²) in [5, 5.41) is 9.88. The zero-order valence-corrected chi connectivity index (χ0v) is 40.5. The number of amides is 4. The summed E-state index contributed by atoms with van der Waals surface area (Å²) in [5.41, 5.74) is -3.60. The maximum atomic E-state index is 13.6. The molecule has 66 heavy (non-hydrogen) atoms. The molecule has 364 valence electrons. The van der Waals surface area contributed by atoms with Gasteiger partial charge in [-0.2, -0.15) is 0 Å². The number of carbonyl (C=O) groups is 8. The van der Waals surface area contributed by atoms with Crippen LogP contribution < -0.4 is 26.0 Å². The molecular weight excluding hydrogens is 863 g/mol. The number of nitrogens with one attached hydrogen (secondary N) is 4. The number of rotatable bonds is 13. The van der Waals surface area contributed by atoms with Crippen molar-refractivity contribution in [2.45, 2.75) is 163 Å². The van der Waals surface area contributed by atoms with Crippen LogP contribution in [0, 0.1) is 0 Å². The van der Waals surface area contributed by atoms with Crippen LogP contribution in [0.5, 0.6) is 5.75 Å². The molecule has 0 spiro atoms. The van der Waals surface area contributed by atoms with Gasteiger partial charge in [-0.25, -0.2) is 24.0 Å². The number of ether oxygens (including phenoxy) is 7. The van der Waals surface area contributed by atoms with E-state index in [9.17, 15) is 38.4 Å². The fraction of sp³-hybridized carbons (Fsp3) is 0.543. The lowest BCUT2D eigenvalue weighted by molar-refractivity contribution is -0.165. The Morgan fingerprint density at radius 2 is 1.03 bits per heavy atom. The summed E-state index contributed by atoms with van der Waals surface area (Å²) < 4.78 is 37.4. The fourth-order valence-corrected chi connectivity index (χ4v) is 4.99. The summed E-state index contributed by atoms with van der Waals surface area (Å²) in [4.78, 5) is 107. The number of carbonyl (C=O) groups excluding carboxylic acids is 8. The summed E-state index contributed by atoms with van der Waals surface area (Å²) in [6.07, 6.45) is -4.25. The van der Waals surface area contributed by atoms with Crippen molar-refractivity contribution in [3.63, 3.8) is 0 Å². The lowest BCUT2D eigenvalue weighted by Crippen LogP contribution is -2.54. The zero-order chi connectivity index (χ0) is 50.4. The van der Waals surface area contributed by atoms with Gasteiger partial charge >= 0.3 is 42.2 Å². The number of guanidine groups is 1. The highest BCUT2D eigenvalue weighted by molar-refractivity contribution is 6.06. The van der Waals surface area contributed by atoms with E-state index in [0.29, 0.717) is 11.3 Å². The monoisotopic (exact) mass is 927 g/mol. The highest BCUT2D eigenvalue weighted by Gasteiger charge is 2.35. The lowest BCUT2D eigenvalue weighted by atomic mass is 10.1. The summed E-state index contributed by atoms with van der Waals surface area (Å²) in [6, 6.07) is 8.58. The normalized spacial score (nSPS) is 13.1. The van der Waals surface area contributed by atoms with Gasteiger partial charge in [-0.1, -0.05) is 12.1 Å². The molecule has 0 aromatic heterocycles. The van der Waals surface area contributed by atoms with Crippen molar-refractivity contribution in [3.05, 3.63) is 59.7 Å². The van der Waals surface area contributed by atoms with E-state index >= 15 is 0 Å². The Kier molecular flexibility index (Phi) is 19.3. The Morgan fingerprint density at radius 1 is 0.545 bits per heavy atom. The van der Waals surface area contributed by atoms with E-state index in [-0.39, 0.29) is 23.9 Å². The van der Waals surface area contributed by atoms with Gasteiger partial charge in [0.25, 0.3) is 0 Å². The van der Waals surface area contributed by atoms with Gasteiger partial charge in [0.2, 0.25) is 11.9 Å². The minimum atomic E-state index is -1.62. The molecule has 2 unspecified atom stereocenters. The number of aliphatic imine (C=N–C) groups is 1. The topological polar surface area (TPSA) is 262 Å². The van der Waals surface area contributed by atoms with Crippen LogP contribution in [-0.4, -0.2) is 94.1 Å². The second-order valence-corrected chi connectivity index (χ2v) is 19.8. The molecule has 0 aliphatic heterocycles. The molecular formula is C46H65N5O15. The number of esters is 4. The first-order valence-electron chi connectivity index (χ1n) is 20.9. The van der Waals surface area contributed by atoms with Crippen LogP contribution in [0.2, 0.25) is 0 Å². The molecule has 4 N–H and O–H groups in total. The Hall–Kier alpha value is -6.73. The average molecular weight is 928 g/mol. The Balaban J connectivity index is 2.15. The number of anilines is 1. The molecule has 20 heteroatoms. The maximum Gasteiger partial charge on any atom is 0.437 e. The van der Waals surface area contributed by atoms with Crippen molar-refractivity contribution in [3.8, 4) is 5.75 Å². The minimum Gasteiger partial charge on any atom is -0.460 e. The Morgan fingerprint density at radius 3 is 1.52 bits per heavy atom. The zero-order valence-electron chi connectivity index (χ0n) is 40.5. The molecule has 2 aromatic rings. The predicted octanol–water partition coefficient (Wildman–Crippen LogP) is 7.02. The first kappa shape index (κ1) is 55.4. The van der Waals surface area contributed by atoms with Crippen LogP contribution in [0.1, 0.15) is 133 Å². The molecule has 0 saturated heterocycles. The van der Waals surface area contributed by atoms with Gasteiger partial charge in [-0.3, -0.25) is 19.7 Å². The van der Waals surface area contributed by atoms with E-state index in [0.717, 1.165) is 0 Å². The van der Waals surface area contributed by atoms with Crippen LogP contribution >= 0.6 is 0 Å². The van der Waals surface area contributed by atoms with Crippen molar-refractivity contribution >= 4 is 59.7 Å². The van der Waals surface area contributed by atoms with E-state index in [4.69, 9.17) is 33.2 Å². The molecule has 0 fully saturated rings. The highest BCUT2D eigenvalue weighted by atomic mass is 16.6. The minimum absolute atomic E-state index is 0.141.